The number of methoxy groups -OCH3 is 1. The van der Waals surface area contributed by atoms with Gasteiger partial charge < -0.3 is 24.8 Å². The maximum atomic E-state index is 12.7. The Morgan fingerprint density at radius 2 is 1.19 bits per heavy atom. The molecule has 0 aliphatic rings. The van der Waals surface area contributed by atoms with Crippen molar-refractivity contribution in [2.75, 3.05) is 24.4 Å². The van der Waals surface area contributed by atoms with Crippen LogP contribution in [0.1, 0.15) is 27.6 Å². The number of anilines is 2. The first-order valence-electron chi connectivity index (χ1n) is 9.80. The molecular weight excluding hydrogens is 412 g/mol. The van der Waals surface area contributed by atoms with Crippen molar-refractivity contribution < 1.29 is 28.6 Å². The van der Waals surface area contributed by atoms with Gasteiger partial charge in [-0.1, -0.05) is 12.1 Å². The number of para-hydroxylation sites is 2. The third-order valence-corrected chi connectivity index (χ3v) is 4.36. The minimum atomic E-state index is -0.814. The van der Waals surface area contributed by atoms with Gasteiger partial charge >= 0.3 is 6.16 Å². The maximum absolute atomic E-state index is 12.7. The van der Waals surface area contributed by atoms with Crippen molar-refractivity contribution in [2.24, 2.45) is 0 Å². The van der Waals surface area contributed by atoms with Crippen LogP contribution < -0.4 is 20.1 Å². The third-order valence-electron chi connectivity index (χ3n) is 4.36. The van der Waals surface area contributed by atoms with E-state index in [-0.39, 0.29) is 24.2 Å². The van der Waals surface area contributed by atoms with Gasteiger partial charge in [-0.2, -0.15) is 0 Å². The van der Waals surface area contributed by atoms with Crippen LogP contribution in [0.2, 0.25) is 0 Å². The summed E-state index contributed by atoms with van der Waals surface area (Å²) in [5.41, 5.74) is 1.68. The van der Waals surface area contributed by atoms with E-state index in [0.29, 0.717) is 28.3 Å². The van der Waals surface area contributed by atoms with Crippen molar-refractivity contribution in [1.29, 1.82) is 0 Å². The second-order valence-corrected chi connectivity index (χ2v) is 6.49. The van der Waals surface area contributed by atoms with Crippen LogP contribution in [0.5, 0.6) is 11.5 Å². The van der Waals surface area contributed by atoms with Crippen molar-refractivity contribution in [3.05, 3.63) is 83.9 Å². The summed E-state index contributed by atoms with van der Waals surface area (Å²) in [6.07, 6.45) is -0.814. The maximum Gasteiger partial charge on any atom is 0.513 e. The molecule has 0 radical (unpaired) electrons. The summed E-state index contributed by atoms with van der Waals surface area (Å²) in [5, 5.41) is 5.57. The Kier molecular flexibility index (Phi) is 7.42. The predicted molar refractivity (Wildman–Crippen MR) is 119 cm³/mol. The second-order valence-electron chi connectivity index (χ2n) is 6.49. The van der Waals surface area contributed by atoms with E-state index in [9.17, 15) is 14.4 Å². The van der Waals surface area contributed by atoms with Gasteiger partial charge in [-0.15, -0.1) is 0 Å². The Morgan fingerprint density at radius 3 is 1.62 bits per heavy atom. The molecule has 0 unspecified atom stereocenters. The fourth-order valence-electron chi connectivity index (χ4n) is 2.75. The van der Waals surface area contributed by atoms with Gasteiger partial charge in [0, 0.05) is 11.1 Å². The molecule has 3 aromatic rings. The Hall–Kier alpha value is -4.33. The summed E-state index contributed by atoms with van der Waals surface area (Å²) in [4.78, 5) is 36.6. The van der Waals surface area contributed by atoms with Crippen LogP contribution in [-0.4, -0.2) is 31.7 Å². The summed E-state index contributed by atoms with van der Waals surface area (Å²) in [7, 11) is 1.55. The number of nitrogens with one attached hydrogen (secondary N) is 2. The van der Waals surface area contributed by atoms with Crippen molar-refractivity contribution in [3.8, 4) is 11.5 Å². The zero-order chi connectivity index (χ0) is 22.9. The van der Waals surface area contributed by atoms with Crippen molar-refractivity contribution in [2.45, 2.75) is 6.92 Å². The van der Waals surface area contributed by atoms with Crippen LogP contribution in [0, 0.1) is 0 Å². The lowest BCUT2D eigenvalue weighted by molar-refractivity contribution is 0.101. The van der Waals surface area contributed by atoms with Crippen molar-refractivity contribution >= 4 is 29.3 Å². The number of ether oxygens (including phenoxy) is 3. The number of amides is 2. The van der Waals surface area contributed by atoms with E-state index < -0.39 is 6.16 Å². The third kappa shape index (κ3) is 5.85. The smallest absolute Gasteiger partial charge is 0.497 e. The first kappa shape index (κ1) is 22.4. The van der Waals surface area contributed by atoms with Crippen molar-refractivity contribution in [1.82, 2.24) is 0 Å². The number of hydrogen-bond donors (Lipinski definition) is 2. The van der Waals surface area contributed by atoms with Gasteiger partial charge in [0.05, 0.1) is 25.1 Å². The van der Waals surface area contributed by atoms with Gasteiger partial charge in [-0.05, 0) is 67.6 Å². The minimum absolute atomic E-state index is 0.202. The minimum Gasteiger partial charge on any atom is -0.497 e. The van der Waals surface area contributed by atoms with Gasteiger partial charge in [-0.3, -0.25) is 9.59 Å². The summed E-state index contributed by atoms with van der Waals surface area (Å²) >= 11 is 0. The normalized spacial score (nSPS) is 10.1. The summed E-state index contributed by atoms with van der Waals surface area (Å²) in [6, 6.07) is 19.6. The molecule has 2 amide bonds. The number of carbonyl (C=O) groups is 3. The summed E-state index contributed by atoms with van der Waals surface area (Å²) < 4.78 is 14.8. The lowest BCUT2D eigenvalue weighted by Gasteiger charge is -2.13. The molecule has 0 spiro atoms. The van der Waals surface area contributed by atoms with Gasteiger partial charge in [0.2, 0.25) is 0 Å². The van der Waals surface area contributed by atoms with Crippen molar-refractivity contribution in [3.63, 3.8) is 0 Å². The first-order valence-corrected chi connectivity index (χ1v) is 9.80. The highest BCUT2D eigenvalue weighted by Gasteiger charge is 2.13. The van der Waals surface area contributed by atoms with Crippen LogP contribution in [0.15, 0.2) is 72.8 Å². The Bertz CT molecular complexity index is 1090. The molecule has 0 saturated heterocycles. The quantitative estimate of drug-likeness (QED) is 0.411. The van der Waals surface area contributed by atoms with E-state index >= 15 is 0 Å². The van der Waals surface area contributed by atoms with Crippen LogP contribution in [0.3, 0.4) is 0 Å². The average molecular weight is 434 g/mol. The molecule has 2 N–H and O–H groups in total. The van der Waals surface area contributed by atoms with E-state index in [0.717, 1.165) is 0 Å². The van der Waals surface area contributed by atoms with Gasteiger partial charge in [0.25, 0.3) is 11.8 Å². The lowest BCUT2D eigenvalue weighted by Crippen LogP contribution is -2.17. The fraction of sp³-hybridized carbons (Fsp3) is 0.125. The standard InChI is InChI=1S/C24H22N2O6/c1-3-31-24(29)32-19-14-10-17(11-15-19)23(28)26-21-7-5-4-6-20(21)25-22(27)16-8-12-18(30-2)13-9-16/h4-15H,3H2,1-2H3,(H,25,27)(H,26,28). The predicted octanol–water partition coefficient (Wildman–Crippen LogP) is 4.74. The summed E-state index contributed by atoms with van der Waals surface area (Å²) in [6.45, 7) is 1.87. The zero-order valence-corrected chi connectivity index (χ0v) is 17.6. The molecular formula is C24H22N2O6. The Balaban J connectivity index is 1.68. The molecule has 0 aromatic heterocycles. The van der Waals surface area contributed by atoms with Gasteiger partial charge in [-0.25, -0.2) is 4.79 Å². The number of hydrogen-bond acceptors (Lipinski definition) is 6. The van der Waals surface area contributed by atoms with Crippen LogP contribution >= 0.6 is 0 Å². The van der Waals surface area contributed by atoms with Crippen LogP contribution in [-0.2, 0) is 4.74 Å². The molecule has 164 valence electrons. The molecule has 32 heavy (non-hydrogen) atoms. The van der Waals surface area contributed by atoms with E-state index in [2.05, 4.69) is 10.6 Å². The molecule has 0 fully saturated rings. The van der Waals surface area contributed by atoms with E-state index in [1.54, 1.807) is 62.6 Å². The molecule has 0 saturated carbocycles. The molecule has 8 heteroatoms. The molecule has 0 aliphatic heterocycles. The van der Waals surface area contributed by atoms with Crippen LogP contribution in [0.25, 0.3) is 0 Å². The molecule has 3 aromatic carbocycles. The van der Waals surface area contributed by atoms with E-state index in [4.69, 9.17) is 14.2 Å². The SMILES string of the molecule is CCOC(=O)Oc1ccc(C(=O)Nc2ccccc2NC(=O)c2ccc(OC)cc2)cc1. The monoisotopic (exact) mass is 434 g/mol. The number of rotatable bonds is 7. The lowest BCUT2D eigenvalue weighted by atomic mass is 10.1. The molecule has 3 rings (SSSR count). The largest absolute Gasteiger partial charge is 0.513 e. The second kappa shape index (κ2) is 10.6. The number of carbonyl (C=O) groups excluding carboxylic acids is 3. The highest BCUT2D eigenvalue weighted by Crippen LogP contribution is 2.23. The average Bonchev–Trinajstić information content (AvgIpc) is 2.81. The van der Waals surface area contributed by atoms with E-state index in [1.165, 1.54) is 24.3 Å². The Morgan fingerprint density at radius 1 is 0.719 bits per heavy atom. The Labute approximate surface area is 185 Å². The van der Waals surface area contributed by atoms with Gasteiger partial charge in [0.15, 0.2) is 0 Å². The molecule has 0 heterocycles. The first-order chi connectivity index (χ1) is 15.5. The molecule has 0 bridgehead atoms. The highest BCUT2D eigenvalue weighted by molar-refractivity contribution is 6.10. The zero-order valence-electron chi connectivity index (χ0n) is 17.6. The highest BCUT2D eigenvalue weighted by atomic mass is 16.7. The van der Waals surface area contributed by atoms with Gasteiger partial charge in [0.1, 0.15) is 11.5 Å². The molecule has 0 atom stereocenters. The fourth-order valence-corrected chi connectivity index (χ4v) is 2.75. The van der Waals surface area contributed by atoms with Crippen LogP contribution in [0.4, 0.5) is 16.2 Å². The summed E-state index contributed by atoms with van der Waals surface area (Å²) in [5.74, 6) is 0.189. The number of benzene rings is 3. The van der Waals surface area contributed by atoms with E-state index in [1.807, 2.05) is 0 Å². The molecule has 8 nitrogen and oxygen atoms in total. The molecule has 0 aliphatic carbocycles. The topological polar surface area (TPSA) is 103 Å².